The number of carbonyl (C=O) groups excluding carboxylic acids is 2. The maximum absolute atomic E-state index is 12.0. The number of hydrogen-bond donors (Lipinski definition) is 2. The van der Waals surface area contributed by atoms with E-state index in [1.807, 2.05) is 52.0 Å². The Morgan fingerprint density at radius 3 is 2.25 bits per heavy atom. The van der Waals surface area contributed by atoms with Gasteiger partial charge in [-0.15, -0.1) is 0 Å². The first-order valence-electron chi connectivity index (χ1n) is 8.35. The minimum atomic E-state index is -0.486. The Morgan fingerprint density at radius 2 is 1.71 bits per heavy atom. The van der Waals surface area contributed by atoms with Gasteiger partial charge in [-0.3, -0.25) is 0 Å². The number of aryl methyl sites for hydroxylation is 1. The zero-order valence-electron chi connectivity index (χ0n) is 14.9. The molecule has 0 bridgehead atoms. The predicted octanol–water partition coefficient (Wildman–Crippen LogP) is 3.52. The van der Waals surface area contributed by atoms with Gasteiger partial charge in [0.15, 0.2) is 0 Å². The fourth-order valence-electron chi connectivity index (χ4n) is 2.52. The number of ether oxygens (including phenoxy) is 1. The topological polar surface area (TPSA) is 70.7 Å². The fraction of sp³-hybridized carbons (Fsp3) is 0.556. The molecule has 3 amide bonds. The molecule has 132 valence electrons. The molecule has 6 heteroatoms. The molecule has 2 rings (SSSR count). The molecule has 1 aliphatic rings. The van der Waals surface area contributed by atoms with Crippen molar-refractivity contribution in [3.63, 3.8) is 0 Å². The van der Waals surface area contributed by atoms with Crippen LogP contribution in [0.5, 0.6) is 0 Å². The van der Waals surface area contributed by atoms with Crippen LogP contribution in [-0.4, -0.2) is 41.8 Å². The van der Waals surface area contributed by atoms with Gasteiger partial charge in [0.2, 0.25) is 0 Å². The number of benzene rings is 1. The maximum atomic E-state index is 12.0. The van der Waals surface area contributed by atoms with Crippen LogP contribution in [-0.2, 0) is 4.74 Å². The fourth-order valence-corrected chi connectivity index (χ4v) is 2.52. The van der Waals surface area contributed by atoms with Crippen molar-refractivity contribution in [3.8, 4) is 0 Å². The van der Waals surface area contributed by atoms with Gasteiger partial charge in [0.25, 0.3) is 0 Å². The van der Waals surface area contributed by atoms with E-state index in [4.69, 9.17) is 4.74 Å². The van der Waals surface area contributed by atoms with Crippen molar-refractivity contribution >= 4 is 17.8 Å². The Balaban J connectivity index is 1.75. The molecule has 1 heterocycles. The van der Waals surface area contributed by atoms with Gasteiger partial charge in [-0.25, -0.2) is 9.59 Å². The highest BCUT2D eigenvalue weighted by atomic mass is 16.6. The number of nitrogens with zero attached hydrogens (tertiary/aromatic N) is 1. The third-order valence-electron chi connectivity index (χ3n) is 3.79. The summed E-state index contributed by atoms with van der Waals surface area (Å²) in [4.78, 5) is 25.8. The molecule has 0 saturated carbocycles. The van der Waals surface area contributed by atoms with E-state index in [0.29, 0.717) is 13.1 Å². The summed E-state index contributed by atoms with van der Waals surface area (Å²) in [7, 11) is 0. The summed E-state index contributed by atoms with van der Waals surface area (Å²) >= 11 is 0. The van der Waals surface area contributed by atoms with Crippen LogP contribution in [0.1, 0.15) is 39.2 Å². The summed E-state index contributed by atoms with van der Waals surface area (Å²) in [5, 5.41) is 5.79. The van der Waals surface area contributed by atoms with Crippen LogP contribution >= 0.6 is 0 Å². The summed E-state index contributed by atoms with van der Waals surface area (Å²) in [5.41, 5.74) is 1.43. The van der Waals surface area contributed by atoms with Gasteiger partial charge >= 0.3 is 12.1 Å². The van der Waals surface area contributed by atoms with E-state index < -0.39 is 5.60 Å². The smallest absolute Gasteiger partial charge is 0.410 e. The number of hydrogen-bond acceptors (Lipinski definition) is 3. The Morgan fingerprint density at radius 1 is 1.12 bits per heavy atom. The van der Waals surface area contributed by atoms with Crippen molar-refractivity contribution in [2.75, 3.05) is 18.4 Å². The molecule has 0 aromatic heterocycles. The van der Waals surface area contributed by atoms with Gasteiger partial charge < -0.3 is 20.3 Å². The summed E-state index contributed by atoms with van der Waals surface area (Å²) in [6, 6.07) is 7.51. The molecule has 1 fully saturated rings. The minimum Gasteiger partial charge on any atom is -0.444 e. The van der Waals surface area contributed by atoms with Gasteiger partial charge in [0.05, 0.1) is 0 Å². The van der Waals surface area contributed by atoms with E-state index in [0.717, 1.165) is 24.1 Å². The maximum Gasteiger partial charge on any atom is 0.410 e. The average molecular weight is 333 g/mol. The summed E-state index contributed by atoms with van der Waals surface area (Å²) in [5.74, 6) is 0. The summed E-state index contributed by atoms with van der Waals surface area (Å²) in [6.45, 7) is 8.74. The molecular weight excluding hydrogens is 306 g/mol. The quantitative estimate of drug-likeness (QED) is 0.870. The van der Waals surface area contributed by atoms with E-state index >= 15 is 0 Å². The summed E-state index contributed by atoms with van der Waals surface area (Å²) in [6.07, 6.45) is 1.16. The number of amides is 3. The van der Waals surface area contributed by atoms with E-state index in [2.05, 4.69) is 10.6 Å². The number of carbonyl (C=O) groups is 2. The van der Waals surface area contributed by atoms with Crippen molar-refractivity contribution in [1.82, 2.24) is 10.2 Å². The van der Waals surface area contributed by atoms with Gasteiger partial charge in [-0.2, -0.15) is 0 Å². The third kappa shape index (κ3) is 5.76. The van der Waals surface area contributed by atoms with Crippen molar-refractivity contribution in [1.29, 1.82) is 0 Å². The van der Waals surface area contributed by atoms with Crippen molar-refractivity contribution in [3.05, 3.63) is 29.8 Å². The van der Waals surface area contributed by atoms with Crippen LogP contribution in [0.4, 0.5) is 15.3 Å². The lowest BCUT2D eigenvalue weighted by atomic mass is 10.1. The Bertz CT molecular complexity index is 570. The van der Waals surface area contributed by atoms with Crippen LogP contribution < -0.4 is 10.6 Å². The number of rotatable bonds is 2. The largest absolute Gasteiger partial charge is 0.444 e. The predicted molar refractivity (Wildman–Crippen MR) is 94.2 cm³/mol. The molecule has 0 spiro atoms. The lowest BCUT2D eigenvalue weighted by Gasteiger charge is -2.33. The number of nitrogens with one attached hydrogen (secondary N) is 2. The molecule has 0 atom stereocenters. The van der Waals surface area contributed by atoms with Crippen molar-refractivity contribution in [2.24, 2.45) is 0 Å². The first-order chi connectivity index (χ1) is 11.2. The van der Waals surface area contributed by atoms with Gasteiger partial charge in [-0.05, 0) is 52.7 Å². The zero-order valence-corrected chi connectivity index (χ0v) is 14.9. The van der Waals surface area contributed by atoms with Gasteiger partial charge in [-0.1, -0.05) is 17.7 Å². The van der Waals surface area contributed by atoms with Crippen LogP contribution in [0.25, 0.3) is 0 Å². The van der Waals surface area contributed by atoms with E-state index in [-0.39, 0.29) is 18.2 Å². The Kier molecular flexibility index (Phi) is 5.70. The first kappa shape index (κ1) is 18.1. The van der Waals surface area contributed by atoms with Gasteiger partial charge in [0.1, 0.15) is 5.60 Å². The van der Waals surface area contributed by atoms with Crippen molar-refractivity contribution in [2.45, 2.75) is 52.2 Å². The number of urea groups is 1. The molecule has 1 saturated heterocycles. The van der Waals surface area contributed by atoms with E-state index in [9.17, 15) is 9.59 Å². The normalized spacial score (nSPS) is 15.8. The second kappa shape index (κ2) is 7.55. The average Bonchev–Trinajstić information content (AvgIpc) is 2.48. The van der Waals surface area contributed by atoms with Crippen LogP contribution in [0.2, 0.25) is 0 Å². The highest BCUT2D eigenvalue weighted by Gasteiger charge is 2.27. The molecule has 0 radical (unpaired) electrons. The molecule has 1 aliphatic heterocycles. The standard InChI is InChI=1S/C18H27N3O3/c1-13-5-7-14(8-6-13)19-16(22)20-15-9-11-21(12-10-15)17(23)24-18(2,3)4/h5-8,15H,9-12H2,1-4H3,(H2,19,20,22). The van der Waals surface area contributed by atoms with Crippen LogP contribution in [0, 0.1) is 6.92 Å². The van der Waals surface area contributed by atoms with E-state index in [1.165, 1.54) is 0 Å². The second-order valence-electron chi connectivity index (χ2n) is 7.21. The highest BCUT2D eigenvalue weighted by Crippen LogP contribution is 2.16. The molecule has 24 heavy (non-hydrogen) atoms. The molecule has 0 aliphatic carbocycles. The van der Waals surface area contributed by atoms with Gasteiger partial charge in [0, 0.05) is 24.8 Å². The van der Waals surface area contributed by atoms with Crippen LogP contribution in [0.3, 0.4) is 0 Å². The number of piperidine rings is 1. The van der Waals surface area contributed by atoms with Crippen molar-refractivity contribution < 1.29 is 14.3 Å². The Labute approximate surface area is 143 Å². The third-order valence-corrected chi connectivity index (χ3v) is 3.79. The number of anilines is 1. The first-order valence-corrected chi connectivity index (χ1v) is 8.35. The minimum absolute atomic E-state index is 0.0640. The Hall–Kier alpha value is -2.24. The monoisotopic (exact) mass is 333 g/mol. The molecule has 0 unspecified atom stereocenters. The lowest BCUT2D eigenvalue weighted by Crippen LogP contribution is -2.48. The zero-order chi connectivity index (χ0) is 17.7. The molecule has 2 N–H and O–H groups in total. The number of likely N-dealkylation sites (tertiary alicyclic amines) is 1. The molecule has 6 nitrogen and oxygen atoms in total. The molecule has 1 aromatic carbocycles. The second-order valence-corrected chi connectivity index (χ2v) is 7.21. The SMILES string of the molecule is Cc1ccc(NC(=O)NC2CCN(C(=O)OC(C)(C)C)CC2)cc1. The van der Waals surface area contributed by atoms with Crippen LogP contribution in [0.15, 0.2) is 24.3 Å². The molecule has 1 aromatic rings. The molecular formula is C18H27N3O3. The lowest BCUT2D eigenvalue weighted by molar-refractivity contribution is 0.0202. The van der Waals surface area contributed by atoms with E-state index in [1.54, 1.807) is 4.90 Å². The highest BCUT2D eigenvalue weighted by molar-refractivity contribution is 5.89. The summed E-state index contributed by atoms with van der Waals surface area (Å²) < 4.78 is 5.37.